The van der Waals surface area contributed by atoms with Crippen LogP contribution in [-0.2, 0) is 21.2 Å². The summed E-state index contributed by atoms with van der Waals surface area (Å²) in [7, 11) is -3.84. The average Bonchev–Trinajstić information content (AvgIpc) is 2.91. The summed E-state index contributed by atoms with van der Waals surface area (Å²) in [4.78, 5) is 27.5. The van der Waals surface area contributed by atoms with E-state index in [-0.39, 0.29) is 29.2 Å². The number of hydrogen-bond donors (Lipinski definition) is 1. The van der Waals surface area contributed by atoms with E-state index < -0.39 is 10.0 Å². The molecule has 1 saturated heterocycles. The zero-order valence-corrected chi connectivity index (χ0v) is 23.2. The summed E-state index contributed by atoms with van der Waals surface area (Å²) in [5, 5.41) is 0.816. The van der Waals surface area contributed by atoms with E-state index >= 15 is 0 Å². The first-order valence-electron chi connectivity index (χ1n) is 12.4. The first kappa shape index (κ1) is 26.5. The molecule has 38 heavy (non-hydrogen) atoms. The summed E-state index contributed by atoms with van der Waals surface area (Å²) < 4.78 is 27.8. The van der Waals surface area contributed by atoms with Crippen LogP contribution < -0.4 is 14.5 Å². The minimum Gasteiger partial charge on any atom is -0.368 e. The van der Waals surface area contributed by atoms with Gasteiger partial charge >= 0.3 is 0 Å². The number of fused-ring (bicyclic) bond motifs is 1. The molecular weight excluding hydrogens is 547 g/mol. The second-order valence-corrected chi connectivity index (χ2v) is 11.9. The Kier molecular flexibility index (Phi) is 7.65. The van der Waals surface area contributed by atoms with Crippen molar-refractivity contribution in [1.82, 2.24) is 14.9 Å². The lowest BCUT2D eigenvalue weighted by atomic mass is 10.00. The number of piperazine rings is 1. The molecule has 202 valence electrons. The van der Waals surface area contributed by atoms with Crippen molar-refractivity contribution in [2.24, 2.45) is 0 Å². The van der Waals surface area contributed by atoms with Gasteiger partial charge in [-0.1, -0.05) is 23.2 Å². The molecule has 0 unspecified atom stereocenters. The van der Waals surface area contributed by atoms with Gasteiger partial charge in [0.05, 0.1) is 17.3 Å². The molecule has 3 aromatic rings. The van der Waals surface area contributed by atoms with E-state index in [0.29, 0.717) is 26.2 Å². The number of benzene rings is 2. The molecular formula is C26H30Cl2N6O3S. The van der Waals surface area contributed by atoms with Crippen molar-refractivity contribution in [3.8, 4) is 0 Å². The van der Waals surface area contributed by atoms with Crippen molar-refractivity contribution in [3.05, 3.63) is 70.6 Å². The second kappa shape index (κ2) is 11.0. The van der Waals surface area contributed by atoms with E-state index in [2.05, 4.69) is 24.5 Å². The highest BCUT2D eigenvalue weighted by Gasteiger charge is 2.31. The Morgan fingerprint density at radius 3 is 2.47 bits per heavy atom. The smallest absolute Gasteiger partial charge is 0.263 e. The van der Waals surface area contributed by atoms with E-state index in [1.54, 1.807) is 24.3 Å². The number of nitrogens with zero attached hydrogens (tertiary/aromatic N) is 5. The molecule has 2 aromatic carbocycles. The number of halogens is 2. The fourth-order valence-corrected chi connectivity index (χ4v) is 6.33. The molecule has 1 atom stereocenters. The van der Waals surface area contributed by atoms with Crippen molar-refractivity contribution in [3.63, 3.8) is 0 Å². The Labute approximate surface area is 233 Å². The van der Waals surface area contributed by atoms with Crippen LogP contribution in [0.5, 0.6) is 0 Å². The van der Waals surface area contributed by atoms with Crippen molar-refractivity contribution in [1.29, 1.82) is 0 Å². The number of carbonyl (C=O) groups excluding carboxylic acids is 1. The number of aromatic nitrogens is 2. The van der Waals surface area contributed by atoms with Crippen LogP contribution in [0.2, 0.25) is 10.2 Å². The first-order chi connectivity index (χ1) is 18.2. The van der Waals surface area contributed by atoms with E-state index in [9.17, 15) is 13.2 Å². The quantitative estimate of drug-likeness (QED) is 0.466. The van der Waals surface area contributed by atoms with Crippen LogP contribution in [0.1, 0.15) is 20.3 Å². The molecule has 2 aliphatic heterocycles. The molecule has 1 amide bonds. The monoisotopic (exact) mass is 576 g/mol. The Morgan fingerprint density at radius 1 is 1.03 bits per heavy atom. The Balaban J connectivity index is 0.00000353. The van der Waals surface area contributed by atoms with Gasteiger partial charge in [-0.05, 0) is 67.8 Å². The third-order valence-electron chi connectivity index (χ3n) is 6.97. The highest BCUT2D eigenvalue weighted by atomic mass is 35.5. The number of hydrogen-bond acceptors (Lipinski definition) is 7. The molecule has 0 aliphatic carbocycles. The molecule has 0 bridgehead atoms. The van der Waals surface area contributed by atoms with E-state index in [0.717, 1.165) is 35.8 Å². The molecule has 5 rings (SSSR count). The van der Waals surface area contributed by atoms with Crippen LogP contribution in [0, 0.1) is 0 Å². The second-order valence-electron chi connectivity index (χ2n) is 9.38. The SMILES string of the molecule is C[C@H](C(=O)N1CCN(c2ccc(S(=O)(=O)Nc3cncc(Cl)n3)cc2)CC1)N1CCCc2cc(Cl)ccc21.[HH]. The normalized spacial score (nSPS) is 16.7. The minimum atomic E-state index is -3.84. The molecule has 0 saturated carbocycles. The minimum absolute atomic E-state index is 0. The molecule has 3 heterocycles. The number of carbonyl (C=O) groups is 1. The van der Waals surface area contributed by atoms with Gasteiger partial charge in [-0.3, -0.25) is 14.5 Å². The van der Waals surface area contributed by atoms with Crippen LogP contribution in [0.4, 0.5) is 17.2 Å². The Morgan fingerprint density at radius 2 is 1.76 bits per heavy atom. The Bertz CT molecular complexity index is 1440. The molecule has 0 spiro atoms. The summed E-state index contributed by atoms with van der Waals surface area (Å²) >= 11 is 12.0. The maximum Gasteiger partial charge on any atom is 0.263 e. The van der Waals surface area contributed by atoms with Crippen LogP contribution in [0.3, 0.4) is 0 Å². The Hall–Kier alpha value is -3.08. The van der Waals surface area contributed by atoms with Crippen molar-refractivity contribution in [2.45, 2.75) is 30.7 Å². The maximum atomic E-state index is 13.4. The largest absolute Gasteiger partial charge is 0.368 e. The van der Waals surface area contributed by atoms with E-state index in [1.807, 2.05) is 30.0 Å². The van der Waals surface area contributed by atoms with Gasteiger partial charge in [0.25, 0.3) is 10.0 Å². The van der Waals surface area contributed by atoms with E-state index in [1.165, 1.54) is 18.0 Å². The highest BCUT2D eigenvalue weighted by molar-refractivity contribution is 7.92. The molecule has 9 nitrogen and oxygen atoms in total. The van der Waals surface area contributed by atoms with Gasteiger partial charge < -0.3 is 14.7 Å². The standard InChI is InChI=1S/C26H28Cl2N6O3S.H2/c1-18(34-10-2-3-19-15-20(27)4-9-23(19)34)26(35)33-13-11-32(12-14-33)21-5-7-22(8-6-21)38(36,37)31-25-17-29-16-24(28)30-25;/h4-9,15-18H,2-3,10-14H2,1H3,(H,30,31);1H/t18-;/m1./s1. The summed E-state index contributed by atoms with van der Waals surface area (Å²) in [6.07, 6.45) is 4.58. The topological polar surface area (TPSA) is 98.7 Å². The van der Waals surface area contributed by atoms with Gasteiger partial charge in [-0.15, -0.1) is 0 Å². The summed E-state index contributed by atoms with van der Waals surface area (Å²) in [5.74, 6) is 0.164. The molecule has 1 fully saturated rings. The van der Waals surface area contributed by atoms with Gasteiger partial charge in [0.15, 0.2) is 5.82 Å². The number of aryl methyl sites for hydroxylation is 1. The van der Waals surface area contributed by atoms with Crippen molar-refractivity contribution in [2.75, 3.05) is 47.2 Å². The molecule has 1 N–H and O–H groups in total. The number of nitrogens with one attached hydrogen (secondary N) is 1. The number of sulfonamides is 1. The lowest BCUT2D eigenvalue weighted by Crippen LogP contribution is -2.55. The average molecular weight is 578 g/mol. The molecule has 2 aliphatic rings. The zero-order chi connectivity index (χ0) is 26.9. The molecule has 12 heteroatoms. The molecule has 1 aromatic heterocycles. The van der Waals surface area contributed by atoms with Crippen LogP contribution in [0.15, 0.2) is 59.8 Å². The third kappa shape index (κ3) is 5.67. The fraction of sp³-hybridized carbons (Fsp3) is 0.346. The van der Waals surface area contributed by atoms with E-state index in [4.69, 9.17) is 23.2 Å². The number of rotatable bonds is 6. The van der Waals surface area contributed by atoms with Gasteiger partial charge in [-0.25, -0.2) is 13.4 Å². The summed E-state index contributed by atoms with van der Waals surface area (Å²) in [6, 6.07) is 12.3. The van der Waals surface area contributed by atoms with Gasteiger partial charge in [0, 0.05) is 50.5 Å². The van der Waals surface area contributed by atoms with Crippen molar-refractivity contribution < 1.29 is 14.6 Å². The number of anilines is 3. The molecule has 0 radical (unpaired) electrons. The van der Waals surface area contributed by atoms with Gasteiger partial charge in [-0.2, -0.15) is 0 Å². The van der Waals surface area contributed by atoms with Gasteiger partial charge in [0.2, 0.25) is 5.91 Å². The van der Waals surface area contributed by atoms with Crippen LogP contribution in [-0.4, -0.2) is 68.0 Å². The lowest BCUT2D eigenvalue weighted by molar-refractivity contribution is -0.132. The predicted octanol–water partition coefficient (Wildman–Crippen LogP) is 4.32. The highest BCUT2D eigenvalue weighted by Crippen LogP contribution is 2.31. The fourth-order valence-electron chi connectivity index (χ4n) is 5.00. The lowest BCUT2D eigenvalue weighted by Gasteiger charge is -2.41. The van der Waals surface area contributed by atoms with Crippen LogP contribution in [0.25, 0.3) is 0 Å². The first-order valence-corrected chi connectivity index (χ1v) is 14.6. The predicted molar refractivity (Wildman–Crippen MR) is 152 cm³/mol. The zero-order valence-electron chi connectivity index (χ0n) is 20.8. The third-order valence-corrected chi connectivity index (χ3v) is 8.76. The van der Waals surface area contributed by atoms with Gasteiger partial charge in [0.1, 0.15) is 11.2 Å². The summed E-state index contributed by atoms with van der Waals surface area (Å²) in [5.41, 5.74) is 3.18. The van der Waals surface area contributed by atoms with Crippen molar-refractivity contribution >= 4 is 56.3 Å². The summed E-state index contributed by atoms with van der Waals surface area (Å²) in [6.45, 7) is 5.33. The maximum absolute atomic E-state index is 13.4. The number of amides is 1. The van der Waals surface area contributed by atoms with Crippen LogP contribution >= 0.6 is 23.2 Å².